The highest BCUT2D eigenvalue weighted by molar-refractivity contribution is 6.39. The fourth-order valence-corrected chi connectivity index (χ4v) is 2.90. The minimum atomic E-state index is -0.437. The van der Waals surface area contributed by atoms with Gasteiger partial charge in [0.25, 0.3) is 5.91 Å². The maximum atomic E-state index is 12.6. The number of hydrogen-bond donors (Lipinski definition) is 0. The molecule has 0 saturated carbocycles. The van der Waals surface area contributed by atoms with Crippen molar-refractivity contribution in [3.05, 3.63) is 71.5 Å². The van der Waals surface area contributed by atoms with Crippen LogP contribution in [0.25, 0.3) is 5.57 Å². The molecular weight excluding hydrogens is 330 g/mol. The Kier molecular flexibility index (Phi) is 4.98. The minimum Gasteiger partial charge on any atom is -0.500 e. The summed E-state index contributed by atoms with van der Waals surface area (Å²) in [4.78, 5) is 37.2. The fraction of sp³-hybridized carbons (Fsp3) is 0.190. The SMILES string of the molecule is CC(=O)c1ccc2c(c1)C(=COCCc1ccccc1)C(=O)N2C(C)=O. The van der Waals surface area contributed by atoms with Crippen molar-refractivity contribution in [2.24, 2.45) is 0 Å². The lowest BCUT2D eigenvalue weighted by Gasteiger charge is -2.12. The molecule has 0 unspecified atom stereocenters. The first-order chi connectivity index (χ1) is 12.5. The topological polar surface area (TPSA) is 63.7 Å². The van der Waals surface area contributed by atoms with Crippen LogP contribution in [-0.4, -0.2) is 24.2 Å². The molecule has 2 aromatic carbocycles. The number of amides is 2. The van der Waals surface area contributed by atoms with Gasteiger partial charge in [0.15, 0.2) is 5.78 Å². The van der Waals surface area contributed by atoms with E-state index in [0.717, 1.165) is 10.5 Å². The van der Waals surface area contributed by atoms with Gasteiger partial charge in [-0.2, -0.15) is 0 Å². The van der Waals surface area contributed by atoms with Crippen LogP contribution in [0.3, 0.4) is 0 Å². The van der Waals surface area contributed by atoms with Gasteiger partial charge in [0.05, 0.1) is 24.1 Å². The lowest BCUT2D eigenvalue weighted by molar-refractivity contribution is -0.122. The predicted molar refractivity (Wildman–Crippen MR) is 98.7 cm³/mol. The Morgan fingerprint density at radius 3 is 2.46 bits per heavy atom. The number of ether oxygens (including phenoxy) is 1. The number of Topliss-reactive ketones (excluding diaryl/α,β-unsaturated/α-hetero) is 1. The Morgan fingerprint density at radius 2 is 1.81 bits per heavy atom. The molecule has 0 spiro atoms. The number of ketones is 1. The van der Waals surface area contributed by atoms with Gasteiger partial charge < -0.3 is 4.74 Å². The Morgan fingerprint density at radius 1 is 1.08 bits per heavy atom. The van der Waals surface area contributed by atoms with Crippen molar-refractivity contribution in [2.45, 2.75) is 20.3 Å². The van der Waals surface area contributed by atoms with Crippen LogP contribution < -0.4 is 4.90 Å². The Labute approximate surface area is 151 Å². The van der Waals surface area contributed by atoms with E-state index in [1.54, 1.807) is 18.2 Å². The van der Waals surface area contributed by atoms with Crippen molar-refractivity contribution < 1.29 is 19.1 Å². The predicted octanol–water partition coefficient (Wildman–Crippen LogP) is 3.38. The van der Waals surface area contributed by atoms with Crippen molar-refractivity contribution in [3.8, 4) is 0 Å². The third-order valence-corrected chi connectivity index (χ3v) is 4.24. The van der Waals surface area contributed by atoms with Crippen LogP contribution in [0, 0.1) is 0 Å². The van der Waals surface area contributed by atoms with Gasteiger partial charge in [-0.1, -0.05) is 30.3 Å². The molecule has 2 aromatic rings. The first-order valence-corrected chi connectivity index (χ1v) is 8.35. The standard InChI is InChI=1S/C21H19NO4/c1-14(23)17-8-9-20-18(12-17)19(21(25)22(20)15(2)24)13-26-11-10-16-6-4-3-5-7-16/h3-9,12-13H,10-11H2,1-2H3. The van der Waals surface area contributed by atoms with E-state index in [-0.39, 0.29) is 17.3 Å². The van der Waals surface area contributed by atoms with E-state index in [9.17, 15) is 14.4 Å². The van der Waals surface area contributed by atoms with Crippen LogP contribution in [0.2, 0.25) is 0 Å². The summed E-state index contributed by atoms with van der Waals surface area (Å²) in [5.74, 6) is -0.918. The lowest BCUT2D eigenvalue weighted by Crippen LogP contribution is -2.31. The number of benzene rings is 2. The molecule has 5 nitrogen and oxygen atoms in total. The van der Waals surface area contributed by atoms with Crippen LogP contribution >= 0.6 is 0 Å². The largest absolute Gasteiger partial charge is 0.500 e. The van der Waals surface area contributed by atoms with Crippen LogP contribution in [0.4, 0.5) is 5.69 Å². The summed E-state index contributed by atoms with van der Waals surface area (Å²) < 4.78 is 5.57. The van der Waals surface area contributed by atoms with E-state index >= 15 is 0 Å². The van der Waals surface area contributed by atoms with Crippen LogP contribution in [0.15, 0.2) is 54.8 Å². The second-order valence-corrected chi connectivity index (χ2v) is 6.09. The van der Waals surface area contributed by atoms with Gasteiger partial charge in [-0.25, -0.2) is 4.90 Å². The monoisotopic (exact) mass is 349 g/mol. The number of hydrogen-bond acceptors (Lipinski definition) is 4. The Bertz CT molecular complexity index is 899. The van der Waals surface area contributed by atoms with E-state index in [1.165, 1.54) is 20.1 Å². The van der Waals surface area contributed by atoms with Crippen LogP contribution in [-0.2, 0) is 20.7 Å². The van der Waals surface area contributed by atoms with Crippen molar-refractivity contribution >= 4 is 28.9 Å². The number of imide groups is 1. The normalized spacial score (nSPS) is 14.5. The van der Waals surface area contributed by atoms with Crippen molar-refractivity contribution in [3.63, 3.8) is 0 Å². The molecule has 0 saturated heterocycles. The number of rotatable bonds is 5. The molecule has 0 atom stereocenters. The van der Waals surface area contributed by atoms with Gasteiger partial charge in [-0.15, -0.1) is 0 Å². The zero-order valence-electron chi connectivity index (χ0n) is 14.7. The molecule has 0 aromatic heterocycles. The minimum absolute atomic E-state index is 0.106. The summed E-state index contributed by atoms with van der Waals surface area (Å²) in [5, 5.41) is 0. The average molecular weight is 349 g/mol. The van der Waals surface area contributed by atoms with Crippen LogP contribution in [0.5, 0.6) is 0 Å². The molecule has 0 radical (unpaired) electrons. The number of carbonyl (C=O) groups excluding carboxylic acids is 3. The molecule has 1 aliphatic rings. The summed E-state index contributed by atoms with van der Waals surface area (Å²) in [6, 6.07) is 14.7. The molecule has 5 heteroatoms. The first-order valence-electron chi connectivity index (χ1n) is 8.35. The summed E-state index contributed by atoms with van der Waals surface area (Å²) in [6.07, 6.45) is 2.09. The highest BCUT2D eigenvalue weighted by atomic mass is 16.5. The molecule has 3 rings (SSSR count). The van der Waals surface area contributed by atoms with Crippen molar-refractivity contribution in [1.29, 1.82) is 0 Å². The maximum Gasteiger partial charge on any atom is 0.268 e. The summed E-state index contributed by atoms with van der Waals surface area (Å²) in [6.45, 7) is 3.20. The van der Waals surface area contributed by atoms with Gasteiger partial charge in [-0.3, -0.25) is 14.4 Å². The number of anilines is 1. The van der Waals surface area contributed by atoms with E-state index < -0.39 is 5.91 Å². The average Bonchev–Trinajstić information content (AvgIpc) is 2.90. The molecule has 1 heterocycles. The first kappa shape index (κ1) is 17.6. The summed E-state index contributed by atoms with van der Waals surface area (Å²) in [7, 11) is 0. The molecule has 0 N–H and O–H groups in total. The smallest absolute Gasteiger partial charge is 0.268 e. The lowest BCUT2D eigenvalue weighted by atomic mass is 10.0. The van der Waals surface area contributed by atoms with E-state index in [0.29, 0.717) is 29.8 Å². The van der Waals surface area contributed by atoms with Gasteiger partial charge in [0.1, 0.15) is 0 Å². The number of fused-ring (bicyclic) bond motifs is 1. The van der Waals surface area contributed by atoms with Crippen molar-refractivity contribution in [1.82, 2.24) is 0 Å². The summed E-state index contributed by atoms with van der Waals surface area (Å²) >= 11 is 0. The third kappa shape index (κ3) is 3.42. The molecule has 1 aliphatic heterocycles. The summed E-state index contributed by atoms with van der Waals surface area (Å²) in [5.41, 5.74) is 2.92. The van der Waals surface area contributed by atoms with Crippen molar-refractivity contribution in [2.75, 3.05) is 11.5 Å². The molecule has 0 aliphatic carbocycles. The van der Waals surface area contributed by atoms with Gasteiger partial charge in [0, 0.05) is 24.5 Å². The molecule has 2 amide bonds. The molecule has 26 heavy (non-hydrogen) atoms. The highest BCUT2D eigenvalue weighted by Crippen LogP contribution is 2.37. The molecule has 0 fully saturated rings. The fourth-order valence-electron chi connectivity index (χ4n) is 2.90. The van der Waals surface area contributed by atoms with E-state index in [2.05, 4.69) is 0 Å². The van der Waals surface area contributed by atoms with Crippen LogP contribution in [0.1, 0.15) is 35.3 Å². The maximum absolute atomic E-state index is 12.6. The quantitative estimate of drug-likeness (QED) is 0.359. The Hall–Kier alpha value is -3.21. The Balaban J connectivity index is 1.84. The number of carbonyl (C=O) groups is 3. The zero-order valence-corrected chi connectivity index (χ0v) is 14.7. The van der Waals surface area contributed by atoms with Gasteiger partial charge in [0.2, 0.25) is 5.91 Å². The van der Waals surface area contributed by atoms with E-state index in [4.69, 9.17) is 4.74 Å². The highest BCUT2D eigenvalue weighted by Gasteiger charge is 2.35. The third-order valence-electron chi connectivity index (χ3n) is 4.24. The van der Waals surface area contributed by atoms with Gasteiger partial charge >= 0.3 is 0 Å². The molecule has 0 bridgehead atoms. The molecular formula is C21H19NO4. The molecule has 132 valence electrons. The zero-order chi connectivity index (χ0) is 18.7. The second-order valence-electron chi connectivity index (χ2n) is 6.09. The second kappa shape index (κ2) is 7.35. The van der Waals surface area contributed by atoms with Gasteiger partial charge in [-0.05, 0) is 30.7 Å². The van der Waals surface area contributed by atoms with E-state index in [1.807, 2.05) is 30.3 Å². The number of nitrogens with zero attached hydrogens (tertiary/aromatic N) is 1.